The molecular weight excluding hydrogens is 1360 g/mol. The van der Waals surface area contributed by atoms with Crippen molar-refractivity contribution in [1.82, 2.24) is 39.9 Å². The third-order valence-corrected chi connectivity index (χ3v) is 14.5. The zero-order valence-corrected chi connectivity index (χ0v) is 65.7. The van der Waals surface area contributed by atoms with Gasteiger partial charge >= 0.3 is 0 Å². The number of pyridine rings is 4. The molecule has 0 atom stereocenters. The van der Waals surface area contributed by atoms with E-state index in [9.17, 15) is 43.9 Å². The molecule has 0 aliphatic heterocycles. The summed E-state index contributed by atoms with van der Waals surface area (Å²) in [6, 6.07) is 38.4. The number of aryl methyl sites for hydroxylation is 22. The van der Waals surface area contributed by atoms with Gasteiger partial charge in [-0.2, -0.15) is 0 Å². The van der Waals surface area contributed by atoms with Crippen molar-refractivity contribution >= 4 is 0 Å². The van der Waals surface area contributed by atoms with Crippen molar-refractivity contribution in [1.29, 1.82) is 0 Å². The summed E-state index contributed by atoms with van der Waals surface area (Å²) in [6.07, 6.45) is 14.2. The lowest BCUT2D eigenvalue weighted by Crippen LogP contribution is -1.91. The molecule has 0 amide bonds. The average molecular weight is 1460 g/mol. The molecule has 0 radical (unpaired) electrons. The van der Waals surface area contributed by atoms with Crippen LogP contribution in [0.15, 0.2) is 183 Å². The first-order chi connectivity index (χ1) is 49.6. The van der Waals surface area contributed by atoms with Gasteiger partial charge in [-0.1, -0.05) is 83.9 Å². The first-order valence-electron chi connectivity index (χ1n) is 33.8. The highest BCUT2D eigenvalue weighted by molar-refractivity contribution is 5.28. The molecular formula is C88H102F10N8. The van der Waals surface area contributed by atoms with Crippen LogP contribution in [0.25, 0.3) is 0 Å². The van der Waals surface area contributed by atoms with Gasteiger partial charge in [0.2, 0.25) is 0 Å². The number of aromatic nitrogens is 8. The van der Waals surface area contributed by atoms with Crippen LogP contribution in [0.4, 0.5) is 43.9 Å². The van der Waals surface area contributed by atoms with Crippen LogP contribution in [0.3, 0.4) is 0 Å². The van der Waals surface area contributed by atoms with Gasteiger partial charge in [0.25, 0.3) is 0 Å². The molecule has 0 fully saturated rings. The predicted molar refractivity (Wildman–Crippen MR) is 413 cm³/mol. The fourth-order valence-electron chi connectivity index (χ4n) is 7.51. The van der Waals surface area contributed by atoms with Crippen molar-refractivity contribution in [3.05, 3.63) is 376 Å². The third-order valence-electron chi connectivity index (χ3n) is 14.5. The third kappa shape index (κ3) is 40.4. The number of hydrogen-bond acceptors (Lipinski definition) is 8. The molecule has 0 bridgehead atoms. The zero-order valence-electron chi connectivity index (χ0n) is 65.7. The van der Waals surface area contributed by atoms with Crippen LogP contribution in [0.1, 0.15) is 135 Å². The van der Waals surface area contributed by atoms with E-state index in [-0.39, 0.29) is 34.4 Å². The van der Waals surface area contributed by atoms with Gasteiger partial charge in [-0.05, 0) is 299 Å². The van der Waals surface area contributed by atoms with Gasteiger partial charge in [0, 0.05) is 83.3 Å². The first kappa shape index (κ1) is 93.4. The Morgan fingerprint density at radius 3 is 0.698 bits per heavy atom. The second kappa shape index (κ2) is 49.2. The largest absolute Gasteiger partial charge is 0.261 e. The molecule has 0 N–H and O–H groups in total. The molecule has 12 rings (SSSR count). The molecule has 6 aromatic carbocycles. The van der Waals surface area contributed by atoms with E-state index in [0.29, 0.717) is 44.6 Å². The minimum Gasteiger partial charge on any atom is -0.261 e. The molecule has 564 valence electrons. The highest BCUT2D eigenvalue weighted by Gasteiger charge is 2.07. The van der Waals surface area contributed by atoms with Crippen molar-refractivity contribution in [2.75, 3.05) is 0 Å². The normalized spacial score (nSPS) is 9.60. The van der Waals surface area contributed by atoms with Crippen LogP contribution in [0, 0.1) is 224 Å². The van der Waals surface area contributed by atoms with Crippen LogP contribution in [0.2, 0.25) is 0 Å². The number of rotatable bonds is 0. The summed E-state index contributed by atoms with van der Waals surface area (Å²) in [7, 11) is 0. The Balaban J connectivity index is 0.000000579. The van der Waals surface area contributed by atoms with Crippen LogP contribution in [-0.4, -0.2) is 39.9 Å². The minimum atomic E-state index is -0.736. The SMILES string of the molecule is Cc1cc(F)c(C)c(F)c1.Cc1cc(F)c(C)c(F)c1.Cc1cc(F)c(C)cn1.Cc1ccc(C)c(F)c1.Cc1ccc(C)c(F)c1.Cc1ccc(C)c(F)c1F.Cc1ccc(C)cc1.Cc1ccc(C)nc1.Cc1ccc(C)nc1.Cc1cnc(C)c(F)c1.Cc1cnc(C)nc1.Cc1cnc(C)nc1. The van der Waals surface area contributed by atoms with E-state index in [4.69, 9.17) is 0 Å². The smallest absolute Gasteiger partial charge is 0.161 e. The number of hydrogen-bond donors (Lipinski definition) is 0. The van der Waals surface area contributed by atoms with E-state index in [1.165, 1.54) is 105 Å². The molecule has 8 nitrogen and oxygen atoms in total. The number of halogens is 10. The van der Waals surface area contributed by atoms with Crippen LogP contribution in [-0.2, 0) is 0 Å². The van der Waals surface area contributed by atoms with E-state index in [1.54, 1.807) is 78.9 Å². The average Bonchev–Trinajstić information content (AvgIpc) is 0.866. The summed E-state index contributed by atoms with van der Waals surface area (Å²) in [4.78, 5) is 31.7. The van der Waals surface area contributed by atoms with Crippen LogP contribution in [0.5, 0.6) is 0 Å². The maximum Gasteiger partial charge on any atom is 0.161 e. The number of benzene rings is 6. The molecule has 18 heteroatoms. The predicted octanol–water partition coefficient (Wildman–Crippen LogP) is 24.2. The first-order valence-corrected chi connectivity index (χ1v) is 33.8. The van der Waals surface area contributed by atoms with Crippen molar-refractivity contribution in [3.63, 3.8) is 0 Å². The fourth-order valence-corrected chi connectivity index (χ4v) is 7.51. The van der Waals surface area contributed by atoms with Crippen LogP contribution < -0.4 is 0 Å². The maximum atomic E-state index is 12.6. The van der Waals surface area contributed by atoms with E-state index in [0.717, 1.165) is 56.5 Å². The molecule has 0 aliphatic rings. The minimum absolute atomic E-state index is 0.0885. The van der Waals surface area contributed by atoms with Gasteiger partial charge in [-0.15, -0.1) is 0 Å². The van der Waals surface area contributed by atoms with Gasteiger partial charge in [0.15, 0.2) is 11.6 Å². The van der Waals surface area contributed by atoms with Crippen molar-refractivity contribution < 1.29 is 43.9 Å². The fraction of sp³-hybridized carbons (Fsp3) is 0.273. The molecule has 0 aliphatic carbocycles. The van der Waals surface area contributed by atoms with Gasteiger partial charge in [-0.3, -0.25) is 19.9 Å². The summed E-state index contributed by atoms with van der Waals surface area (Å²) in [6.45, 7) is 43.4. The number of nitrogens with zero attached hydrogens (tertiary/aromatic N) is 8. The molecule has 0 saturated heterocycles. The second-order valence-electron chi connectivity index (χ2n) is 25.4. The molecule has 6 heterocycles. The monoisotopic (exact) mass is 1460 g/mol. The summed E-state index contributed by atoms with van der Waals surface area (Å²) < 4.78 is 126. The Labute approximate surface area is 622 Å². The summed E-state index contributed by atoms with van der Waals surface area (Å²) in [5, 5.41) is 0. The van der Waals surface area contributed by atoms with Gasteiger partial charge in [0.1, 0.15) is 58.2 Å². The van der Waals surface area contributed by atoms with Gasteiger partial charge in [0.05, 0.1) is 5.69 Å². The highest BCUT2D eigenvalue weighted by atomic mass is 19.2. The van der Waals surface area contributed by atoms with Crippen molar-refractivity contribution in [2.24, 2.45) is 0 Å². The lowest BCUT2D eigenvalue weighted by molar-refractivity contribution is 0.497. The van der Waals surface area contributed by atoms with Gasteiger partial charge < -0.3 is 0 Å². The Morgan fingerprint density at radius 1 is 0.179 bits per heavy atom. The Bertz CT molecular complexity index is 3870. The standard InChI is InChI=1S/3C8H8F2.2C8H9F.C8H10.2C7H8FN.2C7H9N.2C6H8N2/c2*1-5-3-7(9)6(2)8(10)4-5;1-5-3-4-6(2)8(10)7(5)9;2*1-6-3-4-7(2)8(9)5-6;1-7-3-5-8(2)6-4-7;1-5-4-9-6(2)3-7(5)8;1-5-3-7(8)6(2)9-4-5;2*1-6-3-4-7(2)8-5-6;2*1-5-3-7-6(2)8-4-5/h3*3-4H,1-2H3;2*3-5H,1-2H3;3-6H,1-2H3;2*3-4H,1-2H3;2*3-5H,1-2H3;2*3-4H,1-2H3. The Hall–Kier alpha value is -10.6. The summed E-state index contributed by atoms with van der Waals surface area (Å²) >= 11 is 0. The van der Waals surface area contributed by atoms with E-state index in [1.807, 2.05) is 138 Å². The Morgan fingerprint density at radius 2 is 0.443 bits per heavy atom. The molecule has 0 unspecified atom stereocenters. The quantitative estimate of drug-likeness (QED) is 0.138. The molecule has 12 aromatic rings. The highest BCUT2D eigenvalue weighted by Crippen LogP contribution is 2.17. The van der Waals surface area contributed by atoms with E-state index >= 15 is 0 Å². The molecule has 0 spiro atoms. The van der Waals surface area contributed by atoms with E-state index in [2.05, 4.69) is 90.1 Å². The van der Waals surface area contributed by atoms with Crippen molar-refractivity contribution in [2.45, 2.75) is 166 Å². The van der Waals surface area contributed by atoms with Crippen LogP contribution >= 0.6 is 0 Å². The molecule has 6 aromatic heterocycles. The van der Waals surface area contributed by atoms with E-state index < -0.39 is 34.9 Å². The maximum absolute atomic E-state index is 12.6. The zero-order chi connectivity index (χ0) is 80.5. The van der Waals surface area contributed by atoms with Crippen molar-refractivity contribution in [3.8, 4) is 0 Å². The Kier molecular flexibility index (Phi) is 43.3. The molecule has 106 heavy (non-hydrogen) atoms. The lowest BCUT2D eigenvalue weighted by Gasteiger charge is -1.99. The molecule has 0 saturated carbocycles. The van der Waals surface area contributed by atoms with Gasteiger partial charge in [-0.25, -0.2) is 63.8 Å². The second-order valence-corrected chi connectivity index (χ2v) is 25.4. The summed E-state index contributed by atoms with van der Waals surface area (Å²) in [5.74, 6) is -2.35. The lowest BCUT2D eigenvalue weighted by atomic mass is 10.1. The topological polar surface area (TPSA) is 103 Å². The summed E-state index contributed by atoms with van der Waals surface area (Å²) in [5.41, 5.74) is 17.6.